The average molecular weight is 228 g/mol. The van der Waals surface area contributed by atoms with Crippen molar-refractivity contribution in [1.82, 2.24) is 9.80 Å². The smallest absolute Gasteiger partial charge is 0.325 e. The van der Waals surface area contributed by atoms with E-state index in [1.165, 1.54) is 11.3 Å². The minimum absolute atomic E-state index is 0.0309. The highest BCUT2D eigenvalue weighted by Crippen LogP contribution is 2.10. The topological polar surface area (TPSA) is 49.9 Å². The summed E-state index contributed by atoms with van der Waals surface area (Å²) in [6, 6.07) is -0.0762. The number of likely N-dealkylation sites (tertiary alicyclic amines) is 1. The van der Waals surface area contributed by atoms with Crippen molar-refractivity contribution in [2.75, 3.05) is 33.3 Å². The molecule has 2 amide bonds. The molecule has 92 valence electrons. The number of ether oxygens (including phenoxy) is 1. The highest BCUT2D eigenvalue weighted by molar-refractivity contribution is 5.80. The Morgan fingerprint density at radius 1 is 1.25 bits per heavy atom. The SMILES string of the molecule is CCOC(=O)CN(C)C(=O)N1CCCCC1. The van der Waals surface area contributed by atoms with Crippen LogP contribution in [0.5, 0.6) is 0 Å². The Morgan fingerprint density at radius 2 is 1.88 bits per heavy atom. The lowest BCUT2D eigenvalue weighted by Gasteiger charge is -2.30. The summed E-state index contributed by atoms with van der Waals surface area (Å²) < 4.78 is 4.80. The van der Waals surface area contributed by atoms with Crippen molar-refractivity contribution in [1.29, 1.82) is 0 Å². The van der Waals surface area contributed by atoms with Gasteiger partial charge in [0.1, 0.15) is 6.54 Å². The summed E-state index contributed by atoms with van der Waals surface area (Å²) >= 11 is 0. The van der Waals surface area contributed by atoms with Gasteiger partial charge in [-0.3, -0.25) is 4.79 Å². The number of hydrogen-bond donors (Lipinski definition) is 0. The standard InChI is InChI=1S/C11H20N2O3/c1-3-16-10(14)9-12(2)11(15)13-7-5-4-6-8-13/h3-9H2,1-2H3. The van der Waals surface area contributed by atoms with E-state index in [0.717, 1.165) is 25.9 Å². The second-order valence-corrected chi connectivity index (χ2v) is 3.99. The maximum atomic E-state index is 11.9. The van der Waals surface area contributed by atoms with E-state index in [9.17, 15) is 9.59 Å². The summed E-state index contributed by atoms with van der Waals surface area (Å²) in [7, 11) is 1.63. The molecule has 1 aliphatic rings. The van der Waals surface area contributed by atoms with Gasteiger partial charge in [0.2, 0.25) is 0 Å². The summed E-state index contributed by atoms with van der Waals surface area (Å²) in [6.07, 6.45) is 3.29. The molecule has 5 heteroatoms. The van der Waals surface area contributed by atoms with Crippen molar-refractivity contribution in [2.24, 2.45) is 0 Å². The van der Waals surface area contributed by atoms with Crippen molar-refractivity contribution in [3.05, 3.63) is 0 Å². The number of carbonyl (C=O) groups is 2. The Balaban J connectivity index is 2.37. The Labute approximate surface area is 96.3 Å². The molecule has 0 spiro atoms. The van der Waals surface area contributed by atoms with E-state index in [2.05, 4.69) is 0 Å². The van der Waals surface area contributed by atoms with Gasteiger partial charge in [-0.1, -0.05) is 0 Å². The second-order valence-electron chi connectivity index (χ2n) is 3.99. The molecule has 0 aromatic carbocycles. The minimum atomic E-state index is -0.352. The van der Waals surface area contributed by atoms with Crippen molar-refractivity contribution < 1.29 is 14.3 Å². The molecule has 0 atom stereocenters. The monoisotopic (exact) mass is 228 g/mol. The number of piperidine rings is 1. The van der Waals surface area contributed by atoms with E-state index in [1.807, 2.05) is 0 Å². The van der Waals surface area contributed by atoms with Gasteiger partial charge >= 0.3 is 12.0 Å². The molecule has 0 N–H and O–H groups in total. The molecule has 0 saturated carbocycles. The van der Waals surface area contributed by atoms with Crippen LogP contribution < -0.4 is 0 Å². The molecule has 1 aliphatic heterocycles. The molecule has 0 radical (unpaired) electrons. The molecule has 0 bridgehead atoms. The first-order valence-corrected chi connectivity index (χ1v) is 5.80. The van der Waals surface area contributed by atoms with Crippen LogP contribution in [0.1, 0.15) is 26.2 Å². The minimum Gasteiger partial charge on any atom is -0.465 e. The third-order valence-electron chi connectivity index (χ3n) is 2.62. The molecule has 1 saturated heterocycles. The van der Waals surface area contributed by atoms with Crippen LogP contribution in [0.2, 0.25) is 0 Å². The van der Waals surface area contributed by atoms with E-state index >= 15 is 0 Å². The molecular formula is C11H20N2O3. The number of hydrogen-bond acceptors (Lipinski definition) is 3. The lowest BCUT2D eigenvalue weighted by Crippen LogP contribution is -2.45. The zero-order valence-electron chi connectivity index (χ0n) is 10.1. The second kappa shape index (κ2) is 6.35. The number of rotatable bonds is 3. The highest BCUT2D eigenvalue weighted by Gasteiger charge is 2.21. The van der Waals surface area contributed by atoms with Gasteiger partial charge in [-0.2, -0.15) is 0 Å². The van der Waals surface area contributed by atoms with Gasteiger partial charge in [0.15, 0.2) is 0 Å². The molecule has 0 unspecified atom stereocenters. The molecule has 1 fully saturated rings. The van der Waals surface area contributed by atoms with Gasteiger partial charge in [-0.25, -0.2) is 4.79 Å². The lowest BCUT2D eigenvalue weighted by molar-refractivity contribution is -0.143. The molecule has 5 nitrogen and oxygen atoms in total. The van der Waals surface area contributed by atoms with Crippen LogP contribution in [0, 0.1) is 0 Å². The van der Waals surface area contributed by atoms with Crippen LogP contribution >= 0.6 is 0 Å². The quantitative estimate of drug-likeness (QED) is 0.679. The van der Waals surface area contributed by atoms with Crippen LogP contribution in [-0.2, 0) is 9.53 Å². The maximum absolute atomic E-state index is 11.9. The number of likely N-dealkylation sites (N-methyl/N-ethyl adjacent to an activating group) is 1. The van der Waals surface area contributed by atoms with Crippen molar-refractivity contribution in [3.8, 4) is 0 Å². The Kier molecular flexibility index (Phi) is 5.08. The van der Waals surface area contributed by atoms with E-state index in [4.69, 9.17) is 4.74 Å². The Hall–Kier alpha value is -1.26. The summed E-state index contributed by atoms with van der Waals surface area (Å²) in [5.74, 6) is -0.352. The molecule has 1 heterocycles. The summed E-state index contributed by atoms with van der Waals surface area (Å²) in [6.45, 7) is 3.73. The van der Waals surface area contributed by atoms with Gasteiger partial charge in [-0.05, 0) is 26.2 Å². The normalized spacial score (nSPS) is 15.8. The Morgan fingerprint density at radius 3 is 2.44 bits per heavy atom. The van der Waals surface area contributed by atoms with Crippen LogP contribution in [0.4, 0.5) is 4.79 Å². The van der Waals surface area contributed by atoms with Gasteiger partial charge < -0.3 is 14.5 Å². The summed E-state index contributed by atoms with van der Waals surface area (Å²) in [5.41, 5.74) is 0. The molecule has 1 rings (SSSR count). The zero-order valence-corrected chi connectivity index (χ0v) is 10.1. The number of carbonyl (C=O) groups excluding carboxylic acids is 2. The zero-order chi connectivity index (χ0) is 12.0. The first kappa shape index (κ1) is 12.8. The van der Waals surface area contributed by atoms with Crippen LogP contribution in [0.25, 0.3) is 0 Å². The van der Waals surface area contributed by atoms with Crippen LogP contribution in [0.15, 0.2) is 0 Å². The lowest BCUT2D eigenvalue weighted by atomic mass is 10.1. The van der Waals surface area contributed by atoms with Gasteiger partial charge in [-0.15, -0.1) is 0 Å². The summed E-state index contributed by atoms with van der Waals surface area (Å²) in [4.78, 5) is 26.3. The van der Waals surface area contributed by atoms with Crippen LogP contribution in [-0.4, -0.2) is 55.1 Å². The van der Waals surface area contributed by atoms with E-state index < -0.39 is 0 Å². The summed E-state index contributed by atoms with van der Waals surface area (Å²) in [5, 5.41) is 0. The van der Waals surface area contributed by atoms with Gasteiger partial charge in [0, 0.05) is 20.1 Å². The predicted octanol–water partition coefficient (Wildman–Crippen LogP) is 1.09. The number of nitrogens with zero attached hydrogens (tertiary/aromatic N) is 2. The first-order valence-electron chi connectivity index (χ1n) is 5.80. The first-order chi connectivity index (χ1) is 7.65. The number of amides is 2. The molecule has 16 heavy (non-hydrogen) atoms. The van der Waals surface area contributed by atoms with E-state index in [0.29, 0.717) is 6.61 Å². The molecule has 0 aliphatic carbocycles. The fourth-order valence-electron chi connectivity index (χ4n) is 1.79. The van der Waals surface area contributed by atoms with Gasteiger partial charge in [0.25, 0.3) is 0 Å². The molecular weight excluding hydrogens is 208 g/mol. The number of esters is 1. The van der Waals surface area contributed by atoms with Crippen molar-refractivity contribution in [3.63, 3.8) is 0 Å². The largest absolute Gasteiger partial charge is 0.465 e. The predicted molar refractivity (Wildman–Crippen MR) is 60.1 cm³/mol. The van der Waals surface area contributed by atoms with Crippen molar-refractivity contribution >= 4 is 12.0 Å². The Bertz CT molecular complexity index is 250. The molecule has 0 aromatic rings. The molecule has 0 aromatic heterocycles. The van der Waals surface area contributed by atoms with E-state index in [-0.39, 0.29) is 18.5 Å². The average Bonchev–Trinajstić information content (AvgIpc) is 2.29. The highest BCUT2D eigenvalue weighted by atomic mass is 16.5. The van der Waals surface area contributed by atoms with Gasteiger partial charge in [0.05, 0.1) is 6.61 Å². The number of urea groups is 1. The van der Waals surface area contributed by atoms with Crippen molar-refractivity contribution in [2.45, 2.75) is 26.2 Å². The maximum Gasteiger partial charge on any atom is 0.325 e. The van der Waals surface area contributed by atoms with Crippen LogP contribution in [0.3, 0.4) is 0 Å². The fourth-order valence-corrected chi connectivity index (χ4v) is 1.79. The third kappa shape index (κ3) is 3.72. The fraction of sp³-hybridized carbons (Fsp3) is 0.818. The third-order valence-corrected chi connectivity index (χ3v) is 2.62. The van der Waals surface area contributed by atoms with E-state index in [1.54, 1.807) is 18.9 Å².